The molecule has 0 radical (unpaired) electrons. The third kappa shape index (κ3) is 6.40. The zero-order valence-electron chi connectivity index (χ0n) is 13.2. The Morgan fingerprint density at radius 3 is 2.59 bits per heavy atom. The molecule has 0 aromatic heterocycles. The number of nitrogens with zero attached hydrogens (tertiary/aromatic N) is 1. The molecule has 130 valence electrons. The molecule has 2 rings (SSSR count). The maximum atomic E-state index is 12.0. The summed E-state index contributed by atoms with van der Waals surface area (Å²) in [6, 6.07) is -0.0333. The van der Waals surface area contributed by atoms with Crippen LogP contribution in [-0.4, -0.2) is 57.1 Å². The van der Waals surface area contributed by atoms with Gasteiger partial charge in [-0.2, -0.15) is 0 Å². The second-order valence-electron chi connectivity index (χ2n) is 6.26. The van der Waals surface area contributed by atoms with Crippen LogP contribution in [0.2, 0.25) is 0 Å². The van der Waals surface area contributed by atoms with E-state index in [1.165, 1.54) is 10.6 Å². The average Bonchev–Trinajstić information content (AvgIpc) is 2.46. The number of rotatable bonds is 5. The molecule has 0 saturated carbocycles. The molecule has 1 atom stereocenters. The molecule has 8 heteroatoms. The number of amides is 1. The van der Waals surface area contributed by atoms with Gasteiger partial charge in [-0.15, -0.1) is 12.4 Å². The van der Waals surface area contributed by atoms with Crippen LogP contribution in [0.3, 0.4) is 0 Å². The number of piperidine rings is 2. The van der Waals surface area contributed by atoms with Crippen LogP contribution in [0.4, 0.5) is 0 Å². The van der Waals surface area contributed by atoms with Crippen LogP contribution in [0.15, 0.2) is 0 Å². The number of hydrogen-bond donors (Lipinski definition) is 2. The average molecular weight is 354 g/mol. The normalized spacial score (nSPS) is 24.5. The Kier molecular flexibility index (Phi) is 8.10. The van der Waals surface area contributed by atoms with E-state index < -0.39 is 10.0 Å². The molecule has 2 aliphatic heterocycles. The highest BCUT2D eigenvalue weighted by atomic mass is 35.5. The minimum atomic E-state index is -3.15. The summed E-state index contributed by atoms with van der Waals surface area (Å²) in [5.41, 5.74) is 0. The van der Waals surface area contributed by atoms with Crippen molar-refractivity contribution < 1.29 is 13.2 Å². The second-order valence-corrected chi connectivity index (χ2v) is 8.24. The molecule has 2 saturated heterocycles. The van der Waals surface area contributed by atoms with Gasteiger partial charge in [0.15, 0.2) is 0 Å². The van der Waals surface area contributed by atoms with Crippen molar-refractivity contribution in [3.63, 3.8) is 0 Å². The first kappa shape index (κ1) is 19.7. The summed E-state index contributed by atoms with van der Waals surface area (Å²) in [4.78, 5) is 12.0. The van der Waals surface area contributed by atoms with E-state index in [1.807, 2.05) is 0 Å². The number of carbonyl (C=O) groups excluding carboxylic acids is 1. The monoisotopic (exact) mass is 353 g/mol. The topological polar surface area (TPSA) is 78.5 Å². The minimum Gasteiger partial charge on any atom is -0.352 e. The van der Waals surface area contributed by atoms with Crippen molar-refractivity contribution in [3.8, 4) is 0 Å². The highest BCUT2D eigenvalue weighted by Gasteiger charge is 2.26. The zero-order chi connectivity index (χ0) is 15.3. The third-order valence-electron chi connectivity index (χ3n) is 4.46. The molecular weight excluding hydrogens is 326 g/mol. The molecule has 1 unspecified atom stereocenters. The molecule has 0 aromatic carbocycles. The van der Waals surface area contributed by atoms with Crippen LogP contribution >= 0.6 is 12.4 Å². The maximum Gasteiger partial charge on any atom is 0.220 e. The summed E-state index contributed by atoms with van der Waals surface area (Å²) in [5, 5.41) is 6.32. The van der Waals surface area contributed by atoms with Gasteiger partial charge >= 0.3 is 0 Å². The van der Waals surface area contributed by atoms with Gasteiger partial charge in [0, 0.05) is 25.6 Å². The van der Waals surface area contributed by atoms with Crippen LogP contribution in [0.5, 0.6) is 0 Å². The van der Waals surface area contributed by atoms with Crippen molar-refractivity contribution >= 4 is 28.3 Å². The van der Waals surface area contributed by atoms with Crippen molar-refractivity contribution in [2.24, 2.45) is 5.92 Å². The standard InChI is InChI=1S/C14H27N3O3S.ClH/c1-21(19,20)17-10-2-3-13(11-17)16-14(18)5-4-12-6-8-15-9-7-12;/h12-13,15H,2-11H2,1H3,(H,16,18);1H. The Balaban J connectivity index is 0.00000242. The van der Waals surface area contributed by atoms with Gasteiger partial charge in [0.05, 0.1) is 6.26 Å². The molecule has 22 heavy (non-hydrogen) atoms. The van der Waals surface area contributed by atoms with E-state index in [0.717, 1.165) is 45.2 Å². The van der Waals surface area contributed by atoms with Crippen molar-refractivity contribution in [1.29, 1.82) is 0 Å². The van der Waals surface area contributed by atoms with Gasteiger partial charge in [-0.3, -0.25) is 4.79 Å². The van der Waals surface area contributed by atoms with Gasteiger partial charge in [-0.1, -0.05) is 0 Å². The van der Waals surface area contributed by atoms with Crippen molar-refractivity contribution in [1.82, 2.24) is 14.9 Å². The molecule has 6 nitrogen and oxygen atoms in total. The number of halogens is 1. The molecule has 2 aliphatic rings. The van der Waals surface area contributed by atoms with Crippen LogP contribution in [-0.2, 0) is 14.8 Å². The van der Waals surface area contributed by atoms with E-state index in [-0.39, 0.29) is 24.4 Å². The first-order chi connectivity index (χ1) is 9.95. The quantitative estimate of drug-likeness (QED) is 0.763. The molecule has 1 amide bonds. The lowest BCUT2D eigenvalue weighted by Gasteiger charge is -2.31. The highest BCUT2D eigenvalue weighted by Crippen LogP contribution is 2.18. The Morgan fingerprint density at radius 2 is 1.95 bits per heavy atom. The predicted octanol–water partition coefficient (Wildman–Crippen LogP) is 0.728. The third-order valence-corrected chi connectivity index (χ3v) is 5.73. The van der Waals surface area contributed by atoms with E-state index in [9.17, 15) is 13.2 Å². The fourth-order valence-corrected chi connectivity index (χ4v) is 4.08. The van der Waals surface area contributed by atoms with Crippen LogP contribution in [0, 0.1) is 5.92 Å². The summed E-state index contributed by atoms with van der Waals surface area (Å²) < 4.78 is 24.6. The Hall–Kier alpha value is -0.370. The summed E-state index contributed by atoms with van der Waals surface area (Å²) in [7, 11) is -3.15. The molecule has 2 N–H and O–H groups in total. The minimum absolute atomic E-state index is 0. The summed E-state index contributed by atoms with van der Waals surface area (Å²) in [6.45, 7) is 3.09. The molecule has 0 bridgehead atoms. The van der Waals surface area contributed by atoms with Crippen LogP contribution < -0.4 is 10.6 Å². The molecular formula is C14H28ClN3O3S. The molecule has 0 spiro atoms. The smallest absolute Gasteiger partial charge is 0.220 e. The fraction of sp³-hybridized carbons (Fsp3) is 0.929. The lowest BCUT2D eigenvalue weighted by Crippen LogP contribution is -2.49. The molecule has 0 aliphatic carbocycles. The fourth-order valence-electron chi connectivity index (χ4n) is 3.17. The van der Waals surface area contributed by atoms with E-state index in [0.29, 0.717) is 25.4 Å². The van der Waals surface area contributed by atoms with E-state index in [4.69, 9.17) is 0 Å². The van der Waals surface area contributed by atoms with E-state index in [2.05, 4.69) is 10.6 Å². The van der Waals surface area contributed by atoms with E-state index in [1.54, 1.807) is 0 Å². The number of sulfonamides is 1. The summed E-state index contributed by atoms with van der Waals surface area (Å²) >= 11 is 0. The first-order valence-electron chi connectivity index (χ1n) is 7.90. The molecule has 2 heterocycles. The van der Waals surface area contributed by atoms with Crippen LogP contribution in [0.1, 0.15) is 38.5 Å². The van der Waals surface area contributed by atoms with Crippen molar-refractivity contribution in [2.75, 3.05) is 32.4 Å². The first-order valence-corrected chi connectivity index (χ1v) is 9.75. The van der Waals surface area contributed by atoms with E-state index >= 15 is 0 Å². The Labute approximate surface area is 139 Å². The highest BCUT2D eigenvalue weighted by molar-refractivity contribution is 7.88. The van der Waals surface area contributed by atoms with Gasteiger partial charge in [-0.05, 0) is 51.1 Å². The zero-order valence-corrected chi connectivity index (χ0v) is 14.8. The lowest BCUT2D eigenvalue weighted by atomic mass is 9.93. The lowest BCUT2D eigenvalue weighted by molar-refractivity contribution is -0.122. The van der Waals surface area contributed by atoms with Crippen molar-refractivity contribution in [2.45, 2.75) is 44.6 Å². The summed E-state index contributed by atoms with van der Waals surface area (Å²) in [6.07, 6.45) is 6.71. The number of nitrogens with one attached hydrogen (secondary N) is 2. The SMILES string of the molecule is CS(=O)(=O)N1CCCC(NC(=O)CCC2CCNCC2)C1.Cl. The maximum absolute atomic E-state index is 12.0. The largest absolute Gasteiger partial charge is 0.352 e. The number of carbonyl (C=O) groups is 1. The van der Waals surface area contributed by atoms with Crippen molar-refractivity contribution in [3.05, 3.63) is 0 Å². The van der Waals surface area contributed by atoms with Gasteiger partial charge < -0.3 is 10.6 Å². The molecule has 2 fully saturated rings. The van der Waals surface area contributed by atoms with Gasteiger partial charge in [0.1, 0.15) is 0 Å². The predicted molar refractivity (Wildman–Crippen MR) is 89.7 cm³/mol. The second kappa shape index (κ2) is 9.05. The van der Waals surface area contributed by atoms with Gasteiger partial charge in [0.2, 0.25) is 15.9 Å². The Bertz CT molecular complexity index is 452. The summed E-state index contributed by atoms with van der Waals surface area (Å²) in [5.74, 6) is 0.713. The van der Waals surface area contributed by atoms with Crippen LogP contribution in [0.25, 0.3) is 0 Å². The Morgan fingerprint density at radius 1 is 1.27 bits per heavy atom. The van der Waals surface area contributed by atoms with Gasteiger partial charge in [-0.25, -0.2) is 12.7 Å². The number of hydrogen-bond acceptors (Lipinski definition) is 4. The van der Waals surface area contributed by atoms with Gasteiger partial charge in [0.25, 0.3) is 0 Å². The molecule has 0 aromatic rings.